The van der Waals surface area contributed by atoms with E-state index in [2.05, 4.69) is 0 Å². The second-order valence-electron chi connectivity index (χ2n) is 5.03. The van der Waals surface area contributed by atoms with Crippen LogP contribution in [-0.4, -0.2) is 0 Å². The second kappa shape index (κ2) is 7.70. The standard InChI is InChI=1S/C19H9F3N4/c20-17-7-15(16(10-25)12(8-23)9-24)19(22)18(21)14(17)6-3-11-1-4-13(26)5-2-11/h1-7H,26H2/b6-3+. The van der Waals surface area contributed by atoms with Crippen molar-refractivity contribution in [2.45, 2.75) is 0 Å². The number of hydrogen-bond donors (Lipinski definition) is 1. The van der Waals surface area contributed by atoms with Crippen molar-refractivity contribution in [3.05, 3.63) is 70.0 Å². The van der Waals surface area contributed by atoms with Crippen molar-refractivity contribution in [2.24, 2.45) is 0 Å². The summed E-state index contributed by atoms with van der Waals surface area (Å²) in [7, 11) is 0. The van der Waals surface area contributed by atoms with Gasteiger partial charge in [0, 0.05) is 16.8 Å². The number of nitriles is 3. The lowest BCUT2D eigenvalue weighted by Gasteiger charge is -2.07. The molecule has 0 fully saturated rings. The van der Waals surface area contributed by atoms with Gasteiger partial charge in [0.2, 0.25) is 0 Å². The molecule has 0 aliphatic heterocycles. The van der Waals surface area contributed by atoms with Gasteiger partial charge in [0.15, 0.2) is 11.6 Å². The Kier molecular flexibility index (Phi) is 5.43. The van der Waals surface area contributed by atoms with E-state index in [1.807, 2.05) is 0 Å². The first-order valence-electron chi connectivity index (χ1n) is 7.09. The van der Waals surface area contributed by atoms with Crippen LogP contribution in [0.5, 0.6) is 0 Å². The zero-order chi connectivity index (χ0) is 19.3. The lowest BCUT2D eigenvalue weighted by Crippen LogP contribution is -2.01. The molecule has 0 aliphatic rings. The Hall–Kier alpha value is -4.02. The van der Waals surface area contributed by atoms with Crippen LogP contribution in [-0.2, 0) is 0 Å². The fraction of sp³-hybridized carbons (Fsp3) is 0. The maximum absolute atomic E-state index is 14.3. The van der Waals surface area contributed by atoms with Crippen LogP contribution in [0.2, 0.25) is 0 Å². The molecule has 0 aromatic heterocycles. The van der Waals surface area contributed by atoms with E-state index in [4.69, 9.17) is 21.5 Å². The molecular formula is C19H9F3N4. The molecule has 2 aromatic carbocycles. The number of nitrogen functional groups attached to an aromatic ring is 1. The first kappa shape index (κ1) is 18.3. The van der Waals surface area contributed by atoms with E-state index in [-0.39, 0.29) is 0 Å². The molecule has 0 aliphatic carbocycles. The summed E-state index contributed by atoms with van der Waals surface area (Å²) in [6.07, 6.45) is 2.39. The van der Waals surface area contributed by atoms with Crippen LogP contribution in [0, 0.1) is 51.4 Å². The van der Waals surface area contributed by atoms with E-state index in [1.54, 1.807) is 24.3 Å². The number of nitrogens with two attached hydrogens (primary N) is 1. The van der Waals surface area contributed by atoms with Gasteiger partial charge in [-0.05, 0) is 29.8 Å². The smallest absolute Gasteiger partial charge is 0.169 e. The SMILES string of the molecule is N#CC(C#N)=C(C#N)c1cc(F)c(/C=C/c2ccc(N)cc2)c(F)c1F. The lowest BCUT2D eigenvalue weighted by atomic mass is 9.98. The monoisotopic (exact) mass is 350 g/mol. The molecule has 26 heavy (non-hydrogen) atoms. The van der Waals surface area contributed by atoms with Crippen LogP contribution in [0.4, 0.5) is 18.9 Å². The largest absolute Gasteiger partial charge is 0.399 e. The highest BCUT2D eigenvalue weighted by Gasteiger charge is 2.22. The molecule has 0 atom stereocenters. The fourth-order valence-corrected chi connectivity index (χ4v) is 2.12. The zero-order valence-electron chi connectivity index (χ0n) is 13.1. The summed E-state index contributed by atoms with van der Waals surface area (Å²) < 4.78 is 42.8. The number of halogens is 3. The van der Waals surface area contributed by atoms with Crippen molar-refractivity contribution in [3.8, 4) is 18.2 Å². The van der Waals surface area contributed by atoms with Crippen molar-refractivity contribution in [2.75, 3.05) is 5.73 Å². The second-order valence-corrected chi connectivity index (χ2v) is 5.03. The molecule has 0 heterocycles. The van der Waals surface area contributed by atoms with E-state index in [1.165, 1.54) is 24.3 Å². The quantitative estimate of drug-likeness (QED) is 0.388. The van der Waals surface area contributed by atoms with Gasteiger partial charge in [0.25, 0.3) is 0 Å². The molecule has 0 saturated heterocycles. The van der Waals surface area contributed by atoms with Crippen LogP contribution in [0.25, 0.3) is 17.7 Å². The maximum Gasteiger partial charge on any atom is 0.169 e. The van der Waals surface area contributed by atoms with Gasteiger partial charge in [-0.25, -0.2) is 13.2 Å². The average Bonchev–Trinajstić information content (AvgIpc) is 2.64. The first-order valence-corrected chi connectivity index (χ1v) is 7.09. The molecule has 2 rings (SSSR count). The van der Waals surface area contributed by atoms with E-state index >= 15 is 0 Å². The van der Waals surface area contributed by atoms with Gasteiger partial charge in [0.1, 0.15) is 29.6 Å². The lowest BCUT2D eigenvalue weighted by molar-refractivity contribution is 0.490. The van der Waals surface area contributed by atoms with Crippen molar-refractivity contribution >= 4 is 23.4 Å². The molecule has 0 unspecified atom stereocenters. The van der Waals surface area contributed by atoms with Crippen molar-refractivity contribution in [1.82, 2.24) is 0 Å². The molecule has 0 saturated carbocycles. The Morgan fingerprint density at radius 2 is 1.50 bits per heavy atom. The maximum atomic E-state index is 14.3. The highest BCUT2D eigenvalue weighted by Crippen LogP contribution is 2.28. The summed E-state index contributed by atoms with van der Waals surface area (Å²) in [6, 6.07) is 11.2. The molecule has 0 amide bonds. The Balaban J connectivity index is 2.57. The van der Waals surface area contributed by atoms with Gasteiger partial charge in [-0.3, -0.25) is 0 Å². The van der Waals surface area contributed by atoms with Gasteiger partial charge in [0.05, 0.1) is 5.57 Å². The summed E-state index contributed by atoms with van der Waals surface area (Å²) in [5.41, 5.74) is 3.71. The predicted octanol–water partition coefficient (Wildman–Crippen LogP) is 4.18. The van der Waals surface area contributed by atoms with E-state index < -0.39 is 39.7 Å². The molecule has 0 spiro atoms. The zero-order valence-corrected chi connectivity index (χ0v) is 13.1. The molecule has 2 N–H and O–H groups in total. The van der Waals surface area contributed by atoms with Gasteiger partial charge in [-0.2, -0.15) is 15.8 Å². The molecule has 0 bridgehead atoms. The van der Waals surface area contributed by atoms with Gasteiger partial charge >= 0.3 is 0 Å². The minimum Gasteiger partial charge on any atom is -0.399 e. The Morgan fingerprint density at radius 3 is 2.04 bits per heavy atom. The van der Waals surface area contributed by atoms with Crippen LogP contribution in [0.1, 0.15) is 16.7 Å². The summed E-state index contributed by atoms with van der Waals surface area (Å²) in [5, 5.41) is 26.6. The summed E-state index contributed by atoms with van der Waals surface area (Å²) in [4.78, 5) is 0. The van der Waals surface area contributed by atoms with Crippen molar-refractivity contribution in [1.29, 1.82) is 15.8 Å². The fourth-order valence-electron chi connectivity index (χ4n) is 2.12. The van der Waals surface area contributed by atoms with Crippen molar-refractivity contribution in [3.63, 3.8) is 0 Å². The summed E-state index contributed by atoms with van der Waals surface area (Å²) in [6.45, 7) is 0. The number of nitrogens with zero attached hydrogens (tertiary/aromatic N) is 3. The van der Waals surface area contributed by atoms with Crippen molar-refractivity contribution < 1.29 is 13.2 Å². The van der Waals surface area contributed by atoms with Gasteiger partial charge in [-0.1, -0.05) is 18.2 Å². The number of benzene rings is 2. The third-order valence-corrected chi connectivity index (χ3v) is 3.43. The predicted molar refractivity (Wildman–Crippen MR) is 89.9 cm³/mol. The Bertz CT molecular complexity index is 1030. The van der Waals surface area contributed by atoms with Gasteiger partial charge in [-0.15, -0.1) is 0 Å². The molecular weight excluding hydrogens is 341 g/mol. The molecule has 2 aromatic rings. The average molecular weight is 350 g/mol. The number of anilines is 1. The Labute approximate surface area is 147 Å². The van der Waals surface area contributed by atoms with Crippen LogP contribution >= 0.6 is 0 Å². The van der Waals surface area contributed by atoms with E-state index in [0.717, 1.165) is 6.08 Å². The van der Waals surface area contributed by atoms with E-state index in [9.17, 15) is 13.2 Å². The van der Waals surface area contributed by atoms with Crippen LogP contribution < -0.4 is 5.73 Å². The minimum atomic E-state index is -1.53. The number of allylic oxidation sites excluding steroid dienone is 2. The highest BCUT2D eigenvalue weighted by molar-refractivity contribution is 5.85. The molecule has 126 valence electrons. The summed E-state index contributed by atoms with van der Waals surface area (Å²) >= 11 is 0. The number of rotatable bonds is 3. The van der Waals surface area contributed by atoms with E-state index in [0.29, 0.717) is 17.3 Å². The third kappa shape index (κ3) is 3.56. The minimum absolute atomic E-state index is 0.511. The Morgan fingerprint density at radius 1 is 0.885 bits per heavy atom. The summed E-state index contributed by atoms with van der Waals surface area (Å²) in [5.74, 6) is -4.20. The molecule has 7 heteroatoms. The third-order valence-electron chi connectivity index (χ3n) is 3.43. The van der Waals surface area contributed by atoms with Gasteiger partial charge < -0.3 is 5.73 Å². The van der Waals surface area contributed by atoms with Crippen LogP contribution in [0.15, 0.2) is 35.9 Å². The normalized spacial score (nSPS) is 10.0. The topological polar surface area (TPSA) is 97.4 Å². The molecule has 0 radical (unpaired) electrons. The highest BCUT2D eigenvalue weighted by atomic mass is 19.2. The van der Waals surface area contributed by atoms with Crippen LogP contribution in [0.3, 0.4) is 0 Å². The first-order chi connectivity index (χ1) is 12.4. The number of hydrogen-bond acceptors (Lipinski definition) is 4. The molecule has 4 nitrogen and oxygen atoms in total.